The number of likely N-dealkylation sites (tertiary alicyclic amines) is 1. The van der Waals surface area contributed by atoms with Gasteiger partial charge in [0.1, 0.15) is 12.1 Å². The lowest BCUT2D eigenvalue weighted by atomic mass is 10.0. The quantitative estimate of drug-likeness (QED) is 0.291. The molecule has 0 radical (unpaired) electrons. The smallest absolute Gasteiger partial charge is 0.326 e. The summed E-state index contributed by atoms with van der Waals surface area (Å²) in [5, 5.41) is 20.1. The number of sulfonamides is 1. The zero-order valence-electron chi connectivity index (χ0n) is 21.3. The summed E-state index contributed by atoms with van der Waals surface area (Å²) in [7, 11) is -3.87. The molecule has 0 spiro atoms. The van der Waals surface area contributed by atoms with E-state index in [-0.39, 0.29) is 35.8 Å². The van der Waals surface area contributed by atoms with Crippen molar-refractivity contribution in [3.8, 4) is 0 Å². The summed E-state index contributed by atoms with van der Waals surface area (Å²) in [6.45, 7) is 0.263. The molecule has 1 heterocycles. The fourth-order valence-electron chi connectivity index (χ4n) is 4.41. The first-order valence-electron chi connectivity index (χ1n) is 12.4. The molecule has 5 N–H and O–H groups in total. The Hall–Kier alpha value is -4.55. The third kappa shape index (κ3) is 7.10. The molecule has 0 bridgehead atoms. The third-order valence-electron chi connectivity index (χ3n) is 6.54. The van der Waals surface area contributed by atoms with Crippen LogP contribution in [0.2, 0.25) is 0 Å². The van der Waals surface area contributed by atoms with Crippen LogP contribution in [0.5, 0.6) is 0 Å². The molecule has 0 aromatic heterocycles. The van der Waals surface area contributed by atoms with Crippen LogP contribution < -0.4 is 15.8 Å². The average Bonchev–Trinajstić information content (AvgIpc) is 3.29. The number of benzene rings is 3. The number of primary sulfonamides is 1. The molecule has 3 amide bonds. The summed E-state index contributed by atoms with van der Waals surface area (Å²) >= 11 is 0. The van der Waals surface area contributed by atoms with Gasteiger partial charge in [-0.2, -0.15) is 0 Å². The van der Waals surface area contributed by atoms with E-state index in [1.807, 2.05) is 30.3 Å². The fraction of sp³-hybridized carbons (Fsp3) is 0.214. The molecule has 1 saturated heterocycles. The number of amides is 3. The van der Waals surface area contributed by atoms with Crippen molar-refractivity contribution >= 4 is 39.4 Å². The van der Waals surface area contributed by atoms with Crippen LogP contribution in [-0.4, -0.2) is 54.2 Å². The summed E-state index contributed by atoms with van der Waals surface area (Å²) in [5.74, 6) is -2.37. The van der Waals surface area contributed by atoms with Gasteiger partial charge < -0.3 is 20.6 Å². The number of carboxylic acid groups (broad SMARTS) is 1. The Balaban J connectivity index is 1.37. The number of anilines is 1. The normalized spacial score (nSPS) is 15.9. The molecule has 0 aliphatic carbocycles. The van der Waals surface area contributed by atoms with Crippen LogP contribution in [-0.2, 0) is 37.4 Å². The van der Waals surface area contributed by atoms with Crippen LogP contribution in [0.15, 0.2) is 83.8 Å². The van der Waals surface area contributed by atoms with E-state index in [4.69, 9.17) is 5.14 Å². The number of carboxylic acids is 1. The van der Waals surface area contributed by atoms with Crippen molar-refractivity contribution in [2.45, 2.75) is 42.8 Å². The molecule has 1 aliphatic heterocycles. The van der Waals surface area contributed by atoms with E-state index in [1.54, 1.807) is 24.3 Å². The molecule has 208 valence electrons. The summed E-state index contributed by atoms with van der Waals surface area (Å²) in [5.41, 5.74) is 2.13. The van der Waals surface area contributed by atoms with E-state index in [0.29, 0.717) is 17.7 Å². The number of rotatable bonds is 10. The number of nitrogens with zero attached hydrogens (tertiary/aromatic N) is 1. The predicted molar refractivity (Wildman–Crippen MR) is 145 cm³/mol. The SMILES string of the molecule is NS(=O)(=O)c1ccc(C(=O)Nc2ccc(C[C@H](NC(=O)[C@@H]3CCC(=O)N3Cc3ccccc3)C(=O)O)cc2)cc1. The number of aliphatic carboxylic acids is 1. The second-order valence-electron chi connectivity index (χ2n) is 9.39. The Labute approximate surface area is 231 Å². The van der Waals surface area contributed by atoms with Crippen molar-refractivity contribution in [1.82, 2.24) is 10.2 Å². The summed E-state index contributed by atoms with van der Waals surface area (Å²) in [4.78, 5) is 51.3. The van der Waals surface area contributed by atoms with Crippen LogP contribution in [0.3, 0.4) is 0 Å². The van der Waals surface area contributed by atoms with Crippen molar-refractivity contribution in [1.29, 1.82) is 0 Å². The van der Waals surface area contributed by atoms with Crippen molar-refractivity contribution in [2.24, 2.45) is 5.14 Å². The van der Waals surface area contributed by atoms with Crippen LogP contribution in [0.25, 0.3) is 0 Å². The molecular weight excluding hydrogens is 536 g/mol. The first-order chi connectivity index (χ1) is 19.0. The van der Waals surface area contributed by atoms with Crippen molar-refractivity contribution in [3.63, 3.8) is 0 Å². The molecule has 40 heavy (non-hydrogen) atoms. The van der Waals surface area contributed by atoms with E-state index in [0.717, 1.165) is 5.56 Å². The van der Waals surface area contributed by atoms with Gasteiger partial charge in [-0.1, -0.05) is 42.5 Å². The van der Waals surface area contributed by atoms with Gasteiger partial charge in [-0.25, -0.2) is 18.4 Å². The number of nitrogens with two attached hydrogens (primary N) is 1. The molecule has 3 aromatic carbocycles. The van der Waals surface area contributed by atoms with Gasteiger partial charge in [0, 0.05) is 30.6 Å². The highest BCUT2D eigenvalue weighted by atomic mass is 32.2. The average molecular weight is 565 g/mol. The Morgan fingerprint density at radius 1 is 0.950 bits per heavy atom. The van der Waals surface area contributed by atoms with Gasteiger partial charge in [-0.05, 0) is 53.9 Å². The van der Waals surface area contributed by atoms with E-state index in [9.17, 15) is 32.7 Å². The maximum absolute atomic E-state index is 13.0. The number of carbonyl (C=O) groups excluding carboxylic acids is 3. The van der Waals surface area contributed by atoms with E-state index in [2.05, 4.69) is 10.6 Å². The number of carbonyl (C=O) groups is 4. The minimum absolute atomic E-state index is 0.0102. The van der Waals surface area contributed by atoms with Gasteiger partial charge >= 0.3 is 5.97 Å². The van der Waals surface area contributed by atoms with Gasteiger partial charge in [0.25, 0.3) is 5.91 Å². The molecule has 0 saturated carbocycles. The second kappa shape index (κ2) is 12.1. The number of hydrogen-bond donors (Lipinski definition) is 4. The highest BCUT2D eigenvalue weighted by Crippen LogP contribution is 2.22. The first kappa shape index (κ1) is 28.5. The molecule has 1 fully saturated rings. The first-order valence-corrected chi connectivity index (χ1v) is 14.0. The lowest BCUT2D eigenvalue weighted by Gasteiger charge is -2.26. The van der Waals surface area contributed by atoms with Crippen LogP contribution in [0.1, 0.15) is 34.3 Å². The van der Waals surface area contributed by atoms with Crippen LogP contribution in [0.4, 0.5) is 5.69 Å². The molecule has 12 heteroatoms. The molecular formula is C28H28N4O7S. The highest BCUT2D eigenvalue weighted by Gasteiger charge is 2.37. The van der Waals surface area contributed by atoms with Gasteiger partial charge in [-0.15, -0.1) is 0 Å². The fourth-order valence-corrected chi connectivity index (χ4v) is 4.93. The van der Waals surface area contributed by atoms with Gasteiger partial charge in [-0.3, -0.25) is 14.4 Å². The van der Waals surface area contributed by atoms with Crippen molar-refractivity contribution < 1.29 is 32.7 Å². The molecule has 1 aliphatic rings. The minimum atomic E-state index is -3.87. The van der Waals surface area contributed by atoms with Gasteiger partial charge in [0.05, 0.1) is 4.90 Å². The summed E-state index contributed by atoms with van der Waals surface area (Å²) < 4.78 is 22.8. The van der Waals surface area contributed by atoms with E-state index in [1.165, 1.54) is 29.2 Å². The molecule has 4 rings (SSSR count). The van der Waals surface area contributed by atoms with Gasteiger partial charge in [0.2, 0.25) is 21.8 Å². The lowest BCUT2D eigenvalue weighted by Crippen LogP contribution is -2.50. The number of hydrogen-bond acceptors (Lipinski definition) is 6. The minimum Gasteiger partial charge on any atom is -0.480 e. The molecule has 3 aromatic rings. The standard InChI is InChI=1S/C28H28N4O7S/c29-40(38,39)22-12-8-20(9-13-22)26(34)30-21-10-6-18(7-11-21)16-23(28(36)37)31-27(35)24-14-15-25(33)32(24)17-19-4-2-1-3-5-19/h1-13,23-24H,14-17H2,(H,30,34)(H,31,35)(H,36,37)(H2,29,38,39)/t23-,24-/m0/s1. The van der Waals surface area contributed by atoms with Gasteiger partial charge in [0.15, 0.2) is 0 Å². The maximum atomic E-state index is 13.0. The Morgan fingerprint density at radius 3 is 2.20 bits per heavy atom. The van der Waals surface area contributed by atoms with E-state index < -0.39 is 39.9 Å². The number of nitrogens with one attached hydrogen (secondary N) is 2. The second-order valence-corrected chi connectivity index (χ2v) is 10.9. The molecule has 11 nitrogen and oxygen atoms in total. The largest absolute Gasteiger partial charge is 0.480 e. The summed E-state index contributed by atoms with van der Waals surface area (Å²) in [6.07, 6.45) is 0.513. The van der Waals surface area contributed by atoms with E-state index >= 15 is 0 Å². The van der Waals surface area contributed by atoms with Crippen molar-refractivity contribution in [2.75, 3.05) is 5.32 Å². The predicted octanol–water partition coefficient (Wildman–Crippen LogP) is 1.89. The highest BCUT2D eigenvalue weighted by molar-refractivity contribution is 7.89. The Morgan fingerprint density at radius 2 is 1.60 bits per heavy atom. The topological polar surface area (TPSA) is 176 Å². The third-order valence-corrected chi connectivity index (χ3v) is 7.47. The van der Waals surface area contributed by atoms with Crippen LogP contribution >= 0.6 is 0 Å². The monoisotopic (exact) mass is 564 g/mol. The molecule has 0 unspecified atom stereocenters. The zero-order chi connectivity index (χ0) is 28.9. The van der Waals surface area contributed by atoms with Crippen LogP contribution in [0, 0.1) is 0 Å². The summed E-state index contributed by atoms with van der Waals surface area (Å²) in [6, 6.07) is 18.8. The molecule has 2 atom stereocenters. The zero-order valence-corrected chi connectivity index (χ0v) is 22.1. The lowest BCUT2D eigenvalue weighted by molar-refractivity contribution is -0.143. The Bertz CT molecular complexity index is 1510. The Kier molecular flexibility index (Phi) is 8.61. The maximum Gasteiger partial charge on any atom is 0.326 e. The van der Waals surface area contributed by atoms with Crippen molar-refractivity contribution in [3.05, 3.63) is 95.6 Å².